The van der Waals surface area contributed by atoms with Crippen molar-refractivity contribution >= 4 is 17.5 Å². The third-order valence-electron chi connectivity index (χ3n) is 4.16. The van der Waals surface area contributed by atoms with Crippen molar-refractivity contribution in [1.82, 2.24) is 24.9 Å². The maximum atomic E-state index is 13.0. The second-order valence-corrected chi connectivity index (χ2v) is 7.72. The Labute approximate surface area is 178 Å². The van der Waals surface area contributed by atoms with Crippen LogP contribution in [-0.4, -0.2) is 24.9 Å². The number of nitrogen functional groups attached to an aromatic ring is 1. The van der Waals surface area contributed by atoms with Crippen LogP contribution in [0.4, 0.5) is 43.8 Å². The van der Waals surface area contributed by atoms with Gasteiger partial charge in [-0.3, -0.25) is 0 Å². The Morgan fingerprint density at radius 1 is 0.844 bits per heavy atom. The predicted octanol–water partition coefficient (Wildman–Crippen LogP) is 4.99. The van der Waals surface area contributed by atoms with Crippen molar-refractivity contribution in [3.8, 4) is 11.5 Å². The lowest BCUT2D eigenvalue weighted by molar-refractivity contribution is -0.141. The first-order chi connectivity index (χ1) is 14.7. The van der Waals surface area contributed by atoms with Gasteiger partial charge in [0.1, 0.15) is 40.9 Å². The largest absolute Gasteiger partial charge is 0.433 e. The summed E-state index contributed by atoms with van der Waals surface area (Å²) in [7, 11) is 0. The monoisotopic (exact) mass is 457 g/mol. The summed E-state index contributed by atoms with van der Waals surface area (Å²) in [6.45, 7) is 5.28. The lowest BCUT2D eigenvalue weighted by Crippen LogP contribution is -2.20. The zero-order valence-electron chi connectivity index (χ0n) is 17.0. The zero-order chi connectivity index (χ0) is 23.9. The van der Waals surface area contributed by atoms with Crippen molar-refractivity contribution in [2.75, 3.05) is 11.1 Å². The first-order valence-corrected chi connectivity index (χ1v) is 9.05. The number of alkyl halides is 6. The molecule has 0 aliphatic rings. The second kappa shape index (κ2) is 7.88. The number of halogens is 6. The molecule has 0 aromatic carbocycles. The van der Waals surface area contributed by atoms with Gasteiger partial charge in [0.25, 0.3) is 0 Å². The minimum absolute atomic E-state index is 0.0222. The summed E-state index contributed by atoms with van der Waals surface area (Å²) in [5.41, 5.74) is 3.17. The van der Waals surface area contributed by atoms with Crippen LogP contribution in [0.1, 0.15) is 37.7 Å². The molecule has 3 aromatic rings. The van der Waals surface area contributed by atoms with Gasteiger partial charge in [0.05, 0.1) is 0 Å². The Morgan fingerprint density at radius 2 is 1.50 bits per heavy atom. The van der Waals surface area contributed by atoms with Crippen LogP contribution in [-0.2, 0) is 17.8 Å². The molecule has 170 valence electrons. The van der Waals surface area contributed by atoms with Crippen LogP contribution >= 0.6 is 0 Å². The van der Waals surface area contributed by atoms with Crippen LogP contribution < -0.4 is 11.1 Å². The molecule has 3 heterocycles. The molecule has 0 saturated carbocycles. The van der Waals surface area contributed by atoms with Gasteiger partial charge in [-0.2, -0.15) is 26.3 Å². The Kier molecular flexibility index (Phi) is 5.70. The van der Waals surface area contributed by atoms with Crippen molar-refractivity contribution < 1.29 is 26.3 Å². The smallest absolute Gasteiger partial charge is 0.383 e. The average Bonchev–Trinajstić information content (AvgIpc) is 2.65. The van der Waals surface area contributed by atoms with Gasteiger partial charge >= 0.3 is 12.4 Å². The summed E-state index contributed by atoms with van der Waals surface area (Å²) in [6.07, 6.45) is -8.67. The SMILES string of the molecule is CC(C)(C)c1c(N)nc(-c2cccc(C(F)(F)F)n2)nc1Nc1cc(C(F)(F)F)ncn1. The van der Waals surface area contributed by atoms with E-state index in [9.17, 15) is 26.3 Å². The molecule has 0 spiro atoms. The molecule has 0 aliphatic heterocycles. The number of nitrogens with zero attached hydrogens (tertiary/aromatic N) is 5. The van der Waals surface area contributed by atoms with Crippen LogP contribution in [0.25, 0.3) is 11.5 Å². The zero-order valence-corrected chi connectivity index (χ0v) is 17.0. The number of nitrogens with two attached hydrogens (primary N) is 1. The number of rotatable bonds is 3. The Hall–Kier alpha value is -3.51. The molecule has 7 nitrogen and oxygen atoms in total. The van der Waals surface area contributed by atoms with Gasteiger partial charge < -0.3 is 11.1 Å². The third-order valence-corrected chi connectivity index (χ3v) is 4.16. The first-order valence-electron chi connectivity index (χ1n) is 9.05. The summed E-state index contributed by atoms with van der Waals surface area (Å²) >= 11 is 0. The van der Waals surface area contributed by atoms with E-state index >= 15 is 0 Å². The van der Waals surface area contributed by atoms with E-state index in [1.807, 2.05) is 0 Å². The summed E-state index contributed by atoms with van der Waals surface area (Å²) in [5, 5.41) is 2.66. The van der Waals surface area contributed by atoms with E-state index in [0.29, 0.717) is 11.6 Å². The molecule has 13 heteroatoms. The lowest BCUT2D eigenvalue weighted by atomic mass is 9.87. The molecule has 0 bridgehead atoms. The van der Waals surface area contributed by atoms with E-state index in [0.717, 1.165) is 18.5 Å². The summed E-state index contributed by atoms with van der Waals surface area (Å²) in [5.74, 6) is -0.576. The molecular weight excluding hydrogens is 440 g/mol. The molecule has 0 radical (unpaired) electrons. The third kappa shape index (κ3) is 5.03. The van der Waals surface area contributed by atoms with E-state index in [2.05, 4.69) is 30.2 Å². The highest BCUT2D eigenvalue weighted by atomic mass is 19.4. The lowest BCUT2D eigenvalue weighted by Gasteiger charge is -2.24. The quantitative estimate of drug-likeness (QED) is 0.534. The van der Waals surface area contributed by atoms with E-state index in [1.54, 1.807) is 20.8 Å². The van der Waals surface area contributed by atoms with Gasteiger partial charge in [-0.15, -0.1) is 0 Å². The molecule has 0 amide bonds. The molecule has 0 saturated heterocycles. The van der Waals surface area contributed by atoms with Crippen molar-refractivity contribution in [1.29, 1.82) is 0 Å². The summed E-state index contributed by atoms with van der Waals surface area (Å²) in [4.78, 5) is 18.8. The van der Waals surface area contributed by atoms with Gasteiger partial charge in [0.2, 0.25) is 0 Å². The van der Waals surface area contributed by atoms with Gasteiger partial charge in [-0.1, -0.05) is 26.8 Å². The summed E-state index contributed by atoms with van der Waals surface area (Å²) in [6, 6.07) is 3.86. The Balaban J connectivity index is 2.14. The minimum atomic E-state index is -4.70. The van der Waals surface area contributed by atoms with Gasteiger partial charge in [-0.05, 0) is 17.5 Å². The molecule has 0 aliphatic carbocycles. The molecule has 0 fully saturated rings. The fraction of sp³-hybridized carbons (Fsp3) is 0.316. The van der Waals surface area contributed by atoms with E-state index < -0.39 is 29.2 Å². The fourth-order valence-electron chi connectivity index (χ4n) is 2.84. The van der Waals surface area contributed by atoms with Crippen molar-refractivity contribution in [3.63, 3.8) is 0 Å². The van der Waals surface area contributed by atoms with E-state index in [4.69, 9.17) is 5.73 Å². The highest BCUT2D eigenvalue weighted by Crippen LogP contribution is 2.36. The Morgan fingerprint density at radius 3 is 2.09 bits per heavy atom. The van der Waals surface area contributed by atoms with Crippen LogP contribution in [0.5, 0.6) is 0 Å². The van der Waals surface area contributed by atoms with Crippen LogP contribution in [0.2, 0.25) is 0 Å². The van der Waals surface area contributed by atoms with Crippen molar-refractivity contribution in [3.05, 3.63) is 47.5 Å². The number of pyridine rings is 1. The molecule has 0 atom stereocenters. The summed E-state index contributed by atoms with van der Waals surface area (Å²) < 4.78 is 78.1. The van der Waals surface area contributed by atoms with Crippen LogP contribution in [0.3, 0.4) is 0 Å². The van der Waals surface area contributed by atoms with Crippen molar-refractivity contribution in [2.45, 2.75) is 38.5 Å². The number of aromatic nitrogens is 5. The topological polar surface area (TPSA) is 102 Å². The maximum Gasteiger partial charge on any atom is 0.433 e. The molecule has 3 N–H and O–H groups in total. The molecule has 0 unspecified atom stereocenters. The number of anilines is 3. The van der Waals surface area contributed by atoms with Gasteiger partial charge in [-0.25, -0.2) is 24.9 Å². The van der Waals surface area contributed by atoms with E-state index in [1.165, 1.54) is 6.07 Å². The number of hydrogen-bond acceptors (Lipinski definition) is 7. The predicted molar refractivity (Wildman–Crippen MR) is 104 cm³/mol. The van der Waals surface area contributed by atoms with Crippen LogP contribution in [0, 0.1) is 0 Å². The first kappa shape index (κ1) is 23.2. The van der Waals surface area contributed by atoms with E-state index in [-0.39, 0.29) is 29.0 Å². The molecule has 32 heavy (non-hydrogen) atoms. The molecule has 3 aromatic heterocycles. The van der Waals surface area contributed by atoms with Gasteiger partial charge in [0.15, 0.2) is 5.82 Å². The minimum Gasteiger partial charge on any atom is -0.383 e. The van der Waals surface area contributed by atoms with Crippen LogP contribution in [0.15, 0.2) is 30.6 Å². The van der Waals surface area contributed by atoms with Crippen molar-refractivity contribution in [2.24, 2.45) is 0 Å². The highest BCUT2D eigenvalue weighted by molar-refractivity contribution is 5.68. The normalized spacial score (nSPS) is 12.7. The number of nitrogens with one attached hydrogen (secondary N) is 1. The highest BCUT2D eigenvalue weighted by Gasteiger charge is 2.34. The Bertz CT molecular complexity index is 1140. The second-order valence-electron chi connectivity index (χ2n) is 7.72. The van der Waals surface area contributed by atoms with Gasteiger partial charge in [0, 0.05) is 11.6 Å². The fourth-order valence-corrected chi connectivity index (χ4v) is 2.84. The molecule has 3 rings (SSSR count). The number of hydrogen-bond donors (Lipinski definition) is 2. The standard InChI is InChI=1S/C19H17F6N7/c1-17(2,3)13-14(26)31-15(9-5-4-6-10(29-9)18(20,21)22)32-16(13)30-12-7-11(19(23,24)25)27-8-28-12/h4-8H,1-3H3,(H3,26,27,28,30,31,32). The average molecular weight is 457 g/mol. The maximum absolute atomic E-state index is 13.0. The molecular formula is C19H17F6N7.